The molecule has 1 amide bonds. The highest BCUT2D eigenvalue weighted by Gasteiger charge is 2.65. The van der Waals surface area contributed by atoms with E-state index in [-0.39, 0.29) is 29.2 Å². The maximum absolute atomic E-state index is 13.9. The Bertz CT molecular complexity index is 1220. The maximum atomic E-state index is 13.9. The number of carbonyl (C=O) groups is 3. The van der Waals surface area contributed by atoms with E-state index in [1.54, 1.807) is 20.2 Å². The number of rotatable bonds is 4. The van der Waals surface area contributed by atoms with E-state index in [4.69, 9.17) is 5.73 Å². The highest BCUT2D eigenvalue weighted by atomic mass is 16.3. The van der Waals surface area contributed by atoms with E-state index in [9.17, 15) is 34.8 Å². The number of Topliss-reactive ketones (excluding diaryl/α,β-unsaturated/α-hetero) is 2. The third-order valence-corrected chi connectivity index (χ3v) is 7.77. The van der Waals surface area contributed by atoms with Gasteiger partial charge in [0.1, 0.15) is 22.8 Å². The number of carbonyl (C=O) groups excluding carboxylic acids is 3. The van der Waals surface area contributed by atoms with Crippen molar-refractivity contribution in [1.29, 1.82) is 0 Å². The third-order valence-electron chi connectivity index (χ3n) is 7.77. The summed E-state index contributed by atoms with van der Waals surface area (Å²) in [5.74, 6) is -6.88. The summed E-state index contributed by atoms with van der Waals surface area (Å²) in [4.78, 5) is 42.5. The normalized spacial score (nSPS) is 30.3. The molecule has 1 fully saturated rings. The SMILES string of the molecule is CCC1c2c(N(C)C)ccc(O)c2C(O)=C2C(=O)[C@]3(O)C(O)=C(C(N)=O)C(=O)[C@@H](N(C)C)[C@@H]3CC21. The van der Waals surface area contributed by atoms with Gasteiger partial charge < -0.3 is 31.1 Å². The number of primary amides is 1. The largest absolute Gasteiger partial charge is 0.508 e. The van der Waals surface area contributed by atoms with Crippen LogP contribution in [0.2, 0.25) is 0 Å². The molecule has 6 N–H and O–H groups in total. The van der Waals surface area contributed by atoms with Crippen LogP contribution in [0.5, 0.6) is 5.75 Å². The van der Waals surface area contributed by atoms with E-state index < -0.39 is 58.0 Å². The first-order valence-corrected chi connectivity index (χ1v) is 11.5. The minimum Gasteiger partial charge on any atom is -0.508 e. The van der Waals surface area contributed by atoms with Crippen LogP contribution in [0.25, 0.3) is 5.76 Å². The van der Waals surface area contributed by atoms with Gasteiger partial charge in [-0.05, 0) is 56.5 Å². The maximum Gasteiger partial charge on any atom is 0.255 e. The average Bonchev–Trinajstić information content (AvgIpc) is 2.75. The number of likely N-dealkylation sites (N-methyl/N-ethyl adjacent to an activating group) is 1. The number of phenolic OH excluding ortho intramolecular Hbond substituents is 1. The molecular formula is C25H31N3O7. The number of benzene rings is 1. The van der Waals surface area contributed by atoms with Gasteiger partial charge in [0.15, 0.2) is 11.4 Å². The van der Waals surface area contributed by atoms with Crippen LogP contribution in [0.3, 0.4) is 0 Å². The Hall–Kier alpha value is -3.37. The summed E-state index contributed by atoms with van der Waals surface area (Å²) in [6.07, 6.45) is 0.596. The van der Waals surface area contributed by atoms with Gasteiger partial charge in [-0.3, -0.25) is 19.3 Å². The van der Waals surface area contributed by atoms with Gasteiger partial charge in [0.2, 0.25) is 5.78 Å². The van der Waals surface area contributed by atoms with E-state index in [0.29, 0.717) is 12.0 Å². The fourth-order valence-corrected chi connectivity index (χ4v) is 6.30. The van der Waals surface area contributed by atoms with Gasteiger partial charge in [-0.25, -0.2) is 0 Å². The van der Waals surface area contributed by atoms with Crippen molar-refractivity contribution in [1.82, 2.24) is 4.90 Å². The molecule has 3 aliphatic carbocycles. The third kappa shape index (κ3) is 3.13. The first-order chi connectivity index (χ1) is 16.3. The minimum atomic E-state index is -2.64. The van der Waals surface area contributed by atoms with Crippen LogP contribution >= 0.6 is 0 Å². The summed E-state index contributed by atoms with van der Waals surface area (Å²) >= 11 is 0. The number of amides is 1. The van der Waals surface area contributed by atoms with Gasteiger partial charge in [-0.2, -0.15) is 0 Å². The Morgan fingerprint density at radius 1 is 1.14 bits per heavy atom. The van der Waals surface area contributed by atoms with Crippen molar-refractivity contribution in [3.63, 3.8) is 0 Å². The molecule has 0 radical (unpaired) electrons. The lowest BCUT2D eigenvalue weighted by atomic mass is 9.55. The molecule has 2 unspecified atom stereocenters. The Morgan fingerprint density at radius 3 is 2.29 bits per heavy atom. The summed E-state index contributed by atoms with van der Waals surface area (Å²) in [6.45, 7) is 1.92. The van der Waals surface area contributed by atoms with Crippen molar-refractivity contribution in [2.24, 2.45) is 17.6 Å². The monoisotopic (exact) mass is 485 g/mol. The van der Waals surface area contributed by atoms with Gasteiger partial charge >= 0.3 is 0 Å². The summed E-state index contributed by atoms with van der Waals surface area (Å²) in [5, 5.41) is 44.6. The lowest BCUT2D eigenvalue weighted by Crippen LogP contribution is -2.66. The minimum absolute atomic E-state index is 0.0623. The van der Waals surface area contributed by atoms with Crippen molar-refractivity contribution >= 4 is 28.9 Å². The van der Waals surface area contributed by atoms with E-state index in [1.165, 1.54) is 11.0 Å². The molecule has 188 valence electrons. The molecule has 0 spiro atoms. The molecule has 1 saturated carbocycles. The predicted octanol–water partition coefficient (Wildman–Crippen LogP) is 0.981. The van der Waals surface area contributed by atoms with E-state index in [1.807, 2.05) is 25.9 Å². The van der Waals surface area contributed by atoms with E-state index in [2.05, 4.69) is 0 Å². The van der Waals surface area contributed by atoms with Crippen LogP contribution in [0.15, 0.2) is 29.0 Å². The molecule has 1 aromatic rings. The number of hydrogen-bond donors (Lipinski definition) is 5. The molecule has 5 atom stereocenters. The number of phenols is 1. The van der Waals surface area contributed by atoms with Crippen molar-refractivity contribution in [2.75, 3.05) is 33.1 Å². The van der Waals surface area contributed by atoms with Crippen molar-refractivity contribution in [3.8, 4) is 5.75 Å². The Labute approximate surface area is 202 Å². The fraction of sp³-hybridized carbons (Fsp3) is 0.480. The van der Waals surface area contributed by atoms with Gasteiger partial charge in [0, 0.05) is 31.3 Å². The number of anilines is 1. The highest BCUT2D eigenvalue weighted by Crippen LogP contribution is 2.58. The summed E-state index contributed by atoms with van der Waals surface area (Å²) in [7, 11) is 6.81. The summed E-state index contributed by atoms with van der Waals surface area (Å²) in [6, 6.07) is 2.05. The summed E-state index contributed by atoms with van der Waals surface area (Å²) in [5.41, 5.74) is 3.26. The topological polar surface area (TPSA) is 165 Å². The number of aliphatic hydroxyl groups is 3. The molecule has 0 heterocycles. The quantitative estimate of drug-likeness (QED) is 0.391. The predicted molar refractivity (Wildman–Crippen MR) is 128 cm³/mol. The number of aliphatic hydroxyl groups excluding tert-OH is 2. The molecule has 35 heavy (non-hydrogen) atoms. The van der Waals surface area contributed by atoms with Gasteiger partial charge in [0.05, 0.1) is 11.6 Å². The van der Waals surface area contributed by atoms with Crippen LogP contribution in [-0.2, 0) is 14.4 Å². The zero-order valence-electron chi connectivity index (χ0n) is 20.4. The zero-order chi connectivity index (χ0) is 26.1. The molecular weight excluding hydrogens is 454 g/mol. The van der Waals surface area contributed by atoms with Crippen LogP contribution in [0.4, 0.5) is 5.69 Å². The van der Waals surface area contributed by atoms with Gasteiger partial charge in [-0.1, -0.05) is 6.92 Å². The zero-order valence-corrected chi connectivity index (χ0v) is 20.4. The Balaban J connectivity index is 2.06. The van der Waals surface area contributed by atoms with Crippen LogP contribution < -0.4 is 10.6 Å². The smallest absolute Gasteiger partial charge is 0.255 e. The molecule has 0 aliphatic heterocycles. The first-order valence-electron chi connectivity index (χ1n) is 11.5. The standard InChI is InChI=1S/C25H31N3O7/c1-6-10-11-9-12-19(28(4)5)21(31)18(24(26)34)23(33)25(12,35)22(32)16(11)20(30)17-14(29)8-7-13(15(10)17)27(2)3/h7-8,10-12,19,29-30,33,35H,6,9H2,1-5H3,(H2,26,34)/t10?,11?,12-,19-,25-/m0/s1. The lowest BCUT2D eigenvalue weighted by Gasteiger charge is -2.52. The second-order valence-electron chi connectivity index (χ2n) is 9.97. The molecule has 10 heteroatoms. The van der Waals surface area contributed by atoms with Crippen LogP contribution in [0.1, 0.15) is 36.8 Å². The van der Waals surface area contributed by atoms with E-state index in [0.717, 1.165) is 5.69 Å². The fourth-order valence-electron chi connectivity index (χ4n) is 6.30. The molecule has 0 aromatic heterocycles. The lowest BCUT2D eigenvalue weighted by molar-refractivity contribution is -0.154. The molecule has 10 nitrogen and oxygen atoms in total. The molecule has 0 saturated heterocycles. The van der Waals surface area contributed by atoms with Gasteiger partial charge in [0.25, 0.3) is 5.91 Å². The van der Waals surface area contributed by atoms with E-state index >= 15 is 0 Å². The second kappa shape index (κ2) is 8.10. The first kappa shape index (κ1) is 24.7. The number of nitrogens with two attached hydrogens (primary N) is 1. The average molecular weight is 486 g/mol. The van der Waals surface area contributed by atoms with Gasteiger partial charge in [-0.15, -0.1) is 0 Å². The number of hydrogen-bond acceptors (Lipinski definition) is 9. The second-order valence-corrected chi connectivity index (χ2v) is 9.97. The highest BCUT2D eigenvalue weighted by molar-refractivity contribution is 6.24. The molecule has 0 bridgehead atoms. The number of aromatic hydroxyl groups is 1. The van der Waals surface area contributed by atoms with Crippen LogP contribution in [0, 0.1) is 11.8 Å². The molecule has 1 aromatic carbocycles. The van der Waals surface area contributed by atoms with Crippen molar-refractivity contribution in [3.05, 3.63) is 40.2 Å². The number of ketones is 2. The Morgan fingerprint density at radius 2 is 1.77 bits per heavy atom. The Kier molecular flexibility index (Phi) is 5.72. The number of nitrogens with zero attached hydrogens (tertiary/aromatic N) is 2. The number of fused-ring (bicyclic) bond motifs is 3. The van der Waals surface area contributed by atoms with Crippen molar-refractivity contribution in [2.45, 2.75) is 37.3 Å². The summed E-state index contributed by atoms with van der Waals surface area (Å²) < 4.78 is 0. The van der Waals surface area contributed by atoms with Crippen LogP contribution in [-0.4, -0.2) is 82.6 Å². The molecule has 3 aliphatic rings. The van der Waals surface area contributed by atoms with Crippen molar-refractivity contribution < 1.29 is 34.8 Å². The molecule has 4 rings (SSSR count).